The van der Waals surface area contributed by atoms with E-state index in [4.69, 9.17) is 0 Å². The quantitative estimate of drug-likeness (QED) is 0.790. The van der Waals surface area contributed by atoms with E-state index in [2.05, 4.69) is 29.0 Å². The topological polar surface area (TPSA) is 18.5 Å². The Labute approximate surface area is 106 Å². The number of rotatable bonds is 3. The van der Waals surface area contributed by atoms with Crippen molar-refractivity contribution in [3.8, 4) is 0 Å². The van der Waals surface area contributed by atoms with Crippen molar-refractivity contribution in [1.29, 1.82) is 0 Å². The molecule has 3 nitrogen and oxygen atoms in total. The average molecular weight is 237 g/mol. The molecule has 0 radical (unpaired) electrons. The minimum absolute atomic E-state index is 0.871. The van der Waals surface area contributed by atoms with Gasteiger partial charge < -0.3 is 5.32 Å². The standard InChI is InChI=1S/C14H27N3/c1-11(2)12-7-13(8-12)17-9-14(10-17)16-5-3-15-4-6-16/h11-15H,3-10H2,1-2H3. The molecule has 1 saturated carbocycles. The van der Waals surface area contributed by atoms with Crippen molar-refractivity contribution in [2.24, 2.45) is 11.8 Å². The third-order valence-corrected chi connectivity index (χ3v) is 5.17. The third kappa shape index (κ3) is 2.38. The second-order valence-corrected chi connectivity index (χ2v) is 6.52. The Bertz CT molecular complexity index is 248. The molecule has 2 aliphatic heterocycles. The Hall–Kier alpha value is -0.120. The normalized spacial score (nSPS) is 36.9. The van der Waals surface area contributed by atoms with Gasteiger partial charge in [0.25, 0.3) is 0 Å². The summed E-state index contributed by atoms with van der Waals surface area (Å²) in [5.41, 5.74) is 0. The van der Waals surface area contributed by atoms with Crippen LogP contribution in [0.3, 0.4) is 0 Å². The highest BCUT2D eigenvalue weighted by Gasteiger charge is 2.42. The monoisotopic (exact) mass is 237 g/mol. The second kappa shape index (κ2) is 4.87. The lowest BCUT2D eigenvalue weighted by Crippen LogP contribution is -2.66. The van der Waals surface area contributed by atoms with Gasteiger partial charge in [-0.15, -0.1) is 0 Å². The second-order valence-electron chi connectivity index (χ2n) is 6.52. The molecule has 0 unspecified atom stereocenters. The van der Waals surface area contributed by atoms with Crippen LogP contribution in [-0.2, 0) is 0 Å². The number of nitrogens with zero attached hydrogens (tertiary/aromatic N) is 2. The van der Waals surface area contributed by atoms with Crippen LogP contribution in [0, 0.1) is 11.8 Å². The Morgan fingerprint density at radius 3 is 2.18 bits per heavy atom. The molecular formula is C14H27N3. The van der Waals surface area contributed by atoms with E-state index in [1.54, 1.807) is 0 Å². The van der Waals surface area contributed by atoms with Gasteiger partial charge in [0.1, 0.15) is 0 Å². The van der Waals surface area contributed by atoms with Crippen LogP contribution in [-0.4, -0.2) is 61.2 Å². The van der Waals surface area contributed by atoms with Crippen LogP contribution < -0.4 is 5.32 Å². The van der Waals surface area contributed by atoms with Crippen LogP contribution in [0.25, 0.3) is 0 Å². The van der Waals surface area contributed by atoms with Crippen molar-refractivity contribution in [2.45, 2.75) is 38.8 Å². The Balaban J connectivity index is 1.37. The predicted octanol–water partition coefficient (Wildman–Crippen LogP) is 1.01. The first-order valence-electron chi connectivity index (χ1n) is 7.43. The molecule has 0 atom stereocenters. The van der Waals surface area contributed by atoms with Gasteiger partial charge in [-0.05, 0) is 24.7 Å². The van der Waals surface area contributed by atoms with E-state index in [0.29, 0.717) is 0 Å². The minimum atomic E-state index is 0.871. The zero-order valence-electron chi connectivity index (χ0n) is 11.4. The molecule has 3 fully saturated rings. The fourth-order valence-electron chi connectivity index (χ4n) is 3.54. The van der Waals surface area contributed by atoms with Gasteiger partial charge in [-0.25, -0.2) is 0 Å². The van der Waals surface area contributed by atoms with E-state index in [9.17, 15) is 0 Å². The summed E-state index contributed by atoms with van der Waals surface area (Å²) in [6.07, 6.45) is 2.93. The summed E-state index contributed by atoms with van der Waals surface area (Å²) in [5.74, 6) is 1.91. The number of likely N-dealkylation sites (tertiary alicyclic amines) is 1. The molecule has 0 bridgehead atoms. The molecule has 1 aliphatic carbocycles. The maximum atomic E-state index is 3.44. The highest BCUT2D eigenvalue weighted by Crippen LogP contribution is 2.39. The van der Waals surface area contributed by atoms with Crippen molar-refractivity contribution in [2.75, 3.05) is 39.3 Å². The largest absolute Gasteiger partial charge is 0.314 e. The minimum Gasteiger partial charge on any atom is -0.314 e. The molecule has 0 aromatic carbocycles. The summed E-state index contributed by atoms with van der Waals surface area (Å²) in [7, 11) is 0. The molecule has 2 heterocycles. The van der Waals surface area contributed by atoms with Crippen LogP contribution in [0.2, 0.25) is 0 Å². The van der Waals surface area contributed by atoms with E-state index in [0.717, 1.165) is 23.9 Å². The lowest BCUT2D eigenvalue weighted by atomic mass is 9.72. The molecule has 3 rings (SSSR count). The first-order valence-corrected chi connectivity index (χ1v) is 7.43. The number of piperazine rings is 1. The van der Waals surface area contributed by atoms with Gasteiger partial charge in [-0.2, -0.15) is 0 Å². The molecule has 17 heavy (non-hydrogen) atoms. The average Bonchev–Trinajstić information content (AvgIpc) is 2.20. The highest BCUT2D eigenvalue weighted by molar-refractivity contribution is 4.98. The molecule has 0 aromatic heterocycles. The van der Waals surface area contributed by atoms with Crippen molar-refractivity contribution in [3.05, 3.63) is 0 Å². The summed E-state index contributed by atoms with van der Waals surface area (Å²) in [4.78, 5) is 5.41. The molecule has 0 amide bonds. The van der Waals surface area contributed by atoms with Gasteiger partial charge in [-0.3, -0.25) is 9.80 Å². The summed E-state index contributed by atoms with van der Waals surface area (Å²) in [6.45, 7) is 12.3. The van der Waals surface area contributed by atoms with Crippen molar-refractivity contribution in [1.82, 2.24) is 15.1 Å². The molecule has 3 heteroatoms. The number of hydrogen-bond donors (Lipinski definition) is 1. The molecule has 0 spiro atoms. The van der Waals surface area contributed by atoms with E-state index in [1.807, 2.05) is 0 Å². The smallest absolute Gasteiger partial charge is 0.0351 e. The summed E-state index contributed by atoms with van der Waals surface area (Å²) < 4.78 is 0. The lowest BCUT2D eigenvalue weighted by Gasteiger charge is -2.54. The van der Waals surface area contributed by atoms with Gasteiger partial charge in [0.15, 0.2) is 0 Å². The molecular weight excluding hydrogens is 210 g/mol. The molecule has 0 aromatic rings. The number of nitrogens with one attached hydrogen (secondary N) is 1. The fourth-order valence-corrected chi connectivity index (χ4v) is 3.54. The highest BCUT2D eigenvalue weighted by atomic mass is 15.3. The first-order chi connectivity index (χ1) is 8.24. The van der Waals surface area contributed by atoms with Crippen LogP contribution >= 0.6 is 0 Å². The maximum absolute atomic E-state index is 3.44. The van der Waals surface area contributed by atoms with E-state index >= 15 is 0 Å². The Morgan fingerprint density at radius 2 is 1.59 bits per heavy atom. The van der Waals surface area contributed by atoms with Crippen molar-refractivity contribution >= 4 is 0 Å². The Kier molecular flexibility index (Phi) is 3.42. The van der Waals surface area contributed by atoms with Gasteiger partial charge >= 0.3 is 0 Å². The summed E-state index contributed by atoms with van der Waals surface area (Å²) in [5, 5.41) is 3.44. The van der Waals surface area contributed by atoms with Crippen LogP contribution in [0.4, 0.5) is 0 Å². The fraction of sp³-hybridized carbons (Fsp3) is 1.00. The zero-order chi connectivity index (χ0) is 11.8. The van der Waals surface area contributed by atoms with Crippen LogP contribution in [0.15, 0.2) is 0 Å². The summed E-state index contributed by atoms with van der Waals surface area (Å²) >= 11 is 0. The van der Waals surface area contributed by atoms with E-state index in [-0.39, 0.29) is 0 Å². The summed E-state index contributed by atoms with van der Waals surface area (Å²) in [6, 6.07) is 1.80. The van der Waals surface area contributed by atoms with E-state index < -0.39 is 0 Å². The number of hydrogen-bond acceptors (Lipinski definition) is 3. The van der Waals surface area contributed by atoms with Crippen LogP contribution in [0.1, 0.15) is 26.7 Å². The SMILES string of the molecule is CC(C)C1CC(N2CC(N3CCNCC3)C2)C1. The first kappa shape index (κ1) is 11.9. The molecule has 98 valence electrons. The van der Waals surface area contributed by atoms with Gasteiger partial charge in [0.2, 0.25) is 0 Å². The van der Waals surface area contributed by atoms with Gasteiger partial charge in [0.05, 0.1) is 0 Å². The third-order valence-electron chi connectivity index (χ3n) is 5.17. The van der Waals surface area contributed by atoms with Gasteiger partial charge in [0, 0.05) is 51.4 Å². The predicted molar refractivity (Wildman–Crippen MR) is 71.2 cm³/mol. The lowest BCUT2D eigenvalue weighted by molar-refractivity contribution is -0.0458. The molecule has 3 aliphatic rings. The van der Waals surface area contributed by atoms with Crippen LogP contribution in [0.5, 0.6) is 0 Å². The van der Waals surface area contributed by atoms with E-state index in [1.165, 1.54) is 52.1 Å². The molecule has 2 saturated heterocycles. The Morgan fingerprint density at radius 1 is 0.941 bits per heavy atom. The maximum Gasteiger partial charge on any atom is 0.0351 e. The van der Waals surface area contributed by atoms with Crippen molar-refractivity contribution < 1.29 is 0 Å². The zero-order valence-corrected chi connectivity index (χ0v) is 11.4. The van der Waals surface area contributed by atoms with Gasteiger partial charge in [-0.1, -0.05) is 13.8 Å². The van der Waals surface area contributed by atoms with Crippen molar-refractivity contribution in [3.63, 3.8) is 0 Å². The molecule has 1 N–H and O–H groups in total.